The van der Waals surface area contributed by atoms with E-state index in [0.717, 1.165) is 11.1 Å². The zero-order valence-electron chi connectivity index (χ0n) is 12.5. The topological polar surface area (TPSA) is 85.1 Å². The number of phenolic OH excluding ortho intramolecular Hbond substituents is 1. The van der Waals surface area contributed by atoms with Crippen LogP contribution < -0.4 is 10.1 Å². The molecule has 3 aromatic rings. The van der Waals surface area contributed by atoms with Gasteiger partial charge in [-0.2, -0.15) is 5.10 Å². The number of aryl methyl sites for hydroxylation is 1. The number of fused-ring (bicyclic) bond motifs is 1. The number of benzene rings is 1. The fourth-order valence-corrected chi connectivity index (χ4v) is 2.57. The van der Waals surface area contributed by atoms with Gasteiger partial charge in [0, 0.05) is 30.4 Å². The summed E-state index contributed by atoms with van der Waals surface area (Å²) in [6.45, 7) is 1.30. The highest BCUT2D eigenvalue weighted by molar-refractivity contribution is 5.75. The van der Waals surface area contributed by atoms with Crippen molar-refractivity contribution < 1.29 is 9.84 Å². The van der Waals surface area contributed by atoms with Gasteiger partial charge in [0.05, 0.1) is 12.7 Å². The summed E-state index contributed by atoms with van der Waals surface area (Å²) in [6, 6.07) is 7.23. The van der Waals surface area contributed by atoms with Crippen LogP contribution in [0.15, 0.2) is 36.7 Å². The van der Waals surface area contributed by atoms with Gasteiger partial charge in [-0.25, -0.2) is 0 Å². The van der Waals surface area contributed by atoms with Crippen molar-refractivity contribution in [1.29, 1.82) is 0 Å². The Morgan fingerprint density at radius 2 is 2.13 bits per heavy atom. The third-order valence-electron chi connectivity index (χ3n) is 3.72. The lowest BCUT2D eigenvalue weighted by atomic mass is 10.0. The molecule has 2 aromatic heterocycles. The quantitative estimate of drug-likeness (QED) is 0.753. The lowest BCUT2D eigenvalue weighted by molar-refractivity contribution is 0.320. The third-order valence-corrected chi connectivity index (χ3v) is 3.72. The summed E-state index contributed by atoms with van der Waals surface area (Å²) in [4.78, 5) is 0. The van der Waals surface area contributed by atoms with Crippen molar-refractivity contribution >= 4 is 5.82 Å². The second-order valence-corrected chi connectivity index (χ2v) is 5.35. The molecule has 7 heteroatoms. The second-order valence-electron chi connectivity index (χ2n) is 5.35. The lowest BCUT2D eigenvalue weighted by Gasteiger charge is -2.17. The minimum Gasteiger partial charge on any atom is -0.507 e. The van der Waals surface area contributed by atoms with E-state index in [1.54, 1.807) is 23.0 Å². The molecule has 3 heterocycles. The highest BCUT2D eigenvalue weighted by Crippen LogP contribution is 2.35. The number of anilines is 1. The van der Waals surface area contributed by atoms with E-state index in [4.69, 9.17) is 4.74 Å². The van der Waals surface area contributed by atoms with Gasteiger partial charge in [0.25, 0.3) is 0 Å². The van der Waals surface area contributed by atoms with Gasteiger partial charge in [-0.05, 0) is 17.7 Å². The van der Waals surface area contributed by atoms with Gasteiger partial charge < -0.3 is 15.2 Å². The average Bonchev–Trinajstić information content (AvgIpc) is 3.01. The first-order chi connectivity index (χ1) is 11.2. The molecule has 0 radical (unpaired) electrons. The van der Waals surface area contributed by atoms with Gasteiger partial charge >= 0.3 is 0 Å². The molecule has 0 amide bonds. The first-order valence-corrected chi connectivity index (χ1v) is 7.27. The van der Waals surface area contributed by atoms with Crippen molar-refractivity contribution in [1.82, 2.24) is 20.0 Å². The SMILES string of the molecule is Cn1cc(-c2ccc(-c3cc4c(nn3)NCCO4)c(O)c2)cn1. The minimum atomic E-state index is 0.143. The minimum absolute atomic E-state index is 0.143. The molecule has 1 aliphatic heterocycles. The first kappa shape index (κ1) is 13.6. The zero-order chi connectivity index (χ0) is 15.8. The molecule has 1 aromatic carbocycles. The summed E-state index contributed by atoms with van der Waals surface area (Å²) in [5.41, 5.74) is 3.02. The van der Waals surface area contributed by atoms with Crippen molar-refractivity contribution in [2.75, 3.05) is 18.5 Å². The van der Waals surface area contributed by atoms with Crippen LogP contribution in [-0.2, 0) is 7.05 Å². The average molecular weight is 309 g/mol. The van der Waals surface area contributed by atoms with E-state index < -0.39 is 0 Å². The Bertz CT molecular complexity index is 875. The van der Waals surface area contributed by atoms with E-state index in [1.807, 2.05) is 25.4 Å². The molecule has 0 fully saturated rings. The Labute approximate surface area is 132 Å². The molecule has 0 atom stereocenters. The maximum Gasteiger partial charge on any atom is 0.191 e. The number of aromatic nitrogens is 4. The van der Waals surface area contributed by atoms with Crippen LogP contribution in [-0.4, -0.2) is 38.2 Å². The van der Waals surface area contributed by atoms with E-state index in [-0.39, 0.29) is 5.75 Å². The van der Waals surface area contributed by atoms with E-state index in [0.29, 0.717) is 36.0 Å². The van der Waals surface area contributed by atoms with Gasteiger partial charge in [-0.15, -0.1) is 10.2 Å². The summed E-state index contributed by atoms with van der Waals surface area (Å²) in [5.74, 6) is 1.42. The Hall–Kier alpha value is -3.09. The molecule has 2 N–H and O–H groups in total. The molecule has 7 nitrogen and oxygen atoms in total. The van der Waals surface area contributed by atoms with Crippen LogP contribution in [0.25, 0.3) is 22.4 Å². The van der Waals surface area contributed by atoms with Crippen LogP contribution in [0.3, 0.4) is 0 Å². The number of nitrogens with zero attached hydrogens (tertiary/aromatic N) is 4. The van der Waals surface area contributed by atoms with E-state index in [2.05, 4.69) is 20.6 Å². The third kappa shape index (κ3) is 2.46. The number of ether oxygens (including phenoxy) is 1. The monoisotopic (exact) mass is 309 g/mol. The second kappa shape index (κ2) is 5.28. The summed E-state index contributed by atoms with van der Waals surface area (Å²) in [6.07, 6.45) is 3.65. The molecule has 116 valence electrons. The van der Waals surface area contributed by atoms with Crippen molar-refractivity contribution in [3.05, 3.63) is 36.7 Å². The number of aromatic hydroxyl groups is 1. The molecule has 0 unspecified atom stereocenters. The van der Waals surface area contributed by atoms with Crippen LogP contribution >= 0.6 is 0 Å². The fourth-order valence-electron chi connectivity index (χ4n) is 2.57. The van der Waals surface area contributed by atoms with Gasteiger partial charge in [0.2, 0.25) is 0 Å². The smallest absolute Gasteiger partial charge is 0.191 e. The molecular weight excluding hydrogens is 294 g/mol. The first-order valence-electron chi connectivity index (χ1n) is 7.27. The molecule has 0 bridgehead atoms. The van der Waals surface area contributed by atoms with Gasteiger partial charge in [0.15, 0.2) is 11.6 Å². The number of phenols is 1. The van der Waals surface area contributed by atoms with Crippen molar-refractivity contribution in [3.63, 3.8) is 0 Å². The number of rotatable bonds is 2. The number of nitrogens with one attached hydrogen (secondary N) is 1. The van der Waals surface area contributed by atoms with Crippen LogP contribution in [0.4, 0.5) is 5.82 Å². The maximum absolute atomic E-state index is 10.4. The van der Waals surface area contributed by atoms with Crippen LogP contribution in [0.1, 0.15) is 0 Å². The molecular formula is C16H15N5O2. The van der Waals surface area contributed by atoms with Crippen molar-refractivity contribution in [2.24, 2.45) is 7.05 Å². The van der Waals surface area contributed by atoms with Crippen molar-refractivity contribution in [2.45, 2.75) is 0 Å². The van der Waals surface area contributed by atoms with Gasteiger partial charge in [0.1, 0.15) is 18.1 Å². The largest absolute Gasteiger partial charge is 0.507 e. The van der Waals surface area contributed by atoms with E-state index >= 15 is 0 Å². The molecule has 0 spiro atoms. The molecule has 4 rings (SSSR count). The summed E-state index contributed by atoms with van der Waals surface area (Å²) in [5, 5.41) is 25.9. The Morgan fingerprint density at radius 1 is 1.22 bits per heavy atom. The van der Waals surface area contributed by atoms with Crippen LogP contribution in [0.2, 0.25) is 0 Å². The standard InChI is InChI=1S/C16H15N5O2/c1-21-9-11(8-18-21)10-2-3-12(14(22)6-10)13-7-15-16(20-19-13)17-4-5-23-15/h2-3,6-9,22H,4-5H2,1H3,(H,17,20). The predicted molar refractivity (Wildman–Crippen MR) is 85.3 cm³/mol. The zero-order valence-corrected chi connectivity index (χ0v) is 12.5. The highest BCUT2D eigenvalue weighted by Gasteiger charge is 2.15. The summed E-state index contributed by atoms with van der Waals surface area (Å²) < 4.78 is 7.29. The van der Waals surface area contributed by atoms with Gasteiger partial charge in [-0.1, -0.05) is 6.07 Å². The number of hydrogen-bond acceptors (Lipinski definition) is 6. The highest BCUT2D eigenvalue weighted by atomic mass is 16.5. The lowest BCUT2D eigenvalue weighted by Crippen LogP contribution is -2.19. The Balaban J connectivity index is 1.72. The Morgan fingerprint density at radius 3 is 2.91 bits per heavy atom. The summed E-state index contributed by atoms with van der Waals surface area (Å²) in [7, 11) is 1.86. The molecule has 1 aliphatic rings. The van der Waals surface area contributed by atoms with Crippen LogP contribution in [0, 0.1) is 0 Å². The fraction of sp³-hybridized carbons (Fsp3) is 0.188. The molecule has 0 saturated carbocycles. The van der Waals surface area contributed by atoms with Gasteiger partial charge in [-0.3, -0.25) is 4.68 Å². The molecule has 0 saturated heterocycles. The van der Waals surface area contributed by atoms with Crippen molar-refractivity contribution in [3.8, 4) is 33.9 Å². The maximum atomic E-state index is 10.4. The number of hydrogen-bond donors (Lipinski definition) is 2. The normalized spacial score (nSPS) is 13.1. The molecule has 23 heavy (non-hydrogen) atoms. The van der Waals surface area contributed by atoms with E-state index in [1.165, 1.54) is 0 Å². The predicted octanol–water partition coefficient (Wildman–Crippen LogP) is 2.05. The van der Waals surface area contributed by atoms with Crippen LogP contribution in [0.5, 0.6) is 11.5 Å². The summed E-state index contributed by atoms with van der Waals surface area (Å²) >= 11 is 0. The van der Waals surface area contributed by atoms with E-state index in [9.17, 15) is 5.11 Å². The molecule has 0 aliphatic carbocycles. The Kier molecular flexibility index (Phi) is 3.11.